The van der Waals surface area contributed by atoms with Crippen LogP contribution in [0.15, 0.2) is 6.20 Å². The highest BCUT2D eigenvalue weighted by Gasteiger charge is 2.28. The summed E-state index contributed by atoms with van der Waals surface area (Å²) < 4.78 is 1.56. The first-order valence-electron chi connectivity index (χ1n) is 4.33. The minimum Gasteiger partial charge on any atom is -0.476 e. The fourth-order valence-corrected chi connectivity index (χ4v) is 2.36. The lowest BCUT2D eigenvalue weighted by Gasteiger charge is -1.84. The lowest BCUT2D eigenvalue weighted by atomic mass is 10.5. The van der Waals surface area contributed by atoms with Crippen LogP contribution in [-0.2, 0) is 0 Å². The Bertz CT molecular complexity index is 480. The number of imidazole rings is 1. The smallest absolute Gasteiger partial charge is 0.356 e. The third-order valence-corrected chi connectivity index (χ3v) is 3.29. The standard InChI is InChI=1S/C8H7N3O2S/c12-7(13)5-3-11-8(9-5)14-6(10-11)4-1-2-4/h3-4H,1-2H2,(H,12,13). The molecule has 0 aliphatic heterocycles. The Morgan fingerprint density at radius 2 is 2.43 bits per heavy atom. The third-order valence-electron chi connectivity index (χ3n) is 2.20. The van der Waals surface area contributed by atoms with Crippen molar-refractivity contribution in [2.45, 2.75) is 18.8 Å². The highest BCUT2D eigenvalue weighted by atomic mass is 32.1. The Balaban J connectivity index is 2.09. The van der Waals surface area contributed by atoms with E-state index in [2.05, 4.69) is 10.1 Å². The SMILES string of the molecule is O=C(O)c1cn2nc(C3CC3)sc2n1. The molecular formula is C8H7N3O2S. The van der Waals surface area contributed by atoms with Crippen molar-refractivity contribution in [1.82, 2.24) is 14.6 Å². The van der Waals surface area contributed by atoms with Gasteiger partial charge in [0.25, 0.3) is 0 Å². The zero-order chi connectivity index (χ0) is 9.71. The Kier molecular flexibility index (Phi) is 1.44. The molecule has 0 aromatic carbocycles. The summed E-state index contributed by atoms with van der Waals surface area (Å²) in [7, 11) is 0. The maximum atomic E-state index is 10.6. The normalized spacial score (nSPS) is 16.3. The second-order valence-electron chi connectivity index (χ2n) is 3.37. The van der Waals surface area contributed by atoms with Crippen molar-refractivity contribution in [2.24, 2.45) is 0 Å². The third kappa shape index (κ3) is 1.11. The second kappa shape index (κ2) is 2.54. The molecule has 0 saturated heterocycles. The van der Waals surface area contributed by atoms with Crippen LogP contribution in [0.25, 0.3) is 4.96 Å². The van der Waals surface area contributed by atoms with Gasteiger partial charge in [0.05, 0.1) is 6.20 Å². The van der Waals surface area contributed by atoms with E-state index >= 15 is 0 Å². The summed E-state index contributed by atoms with van der Waals surface area (Å²) in [5.74, 6) is -0.411. The Labute approximate surface area is 83.0 Å². The zero-order valence-corrected chi connectivity index (χ0v) is 7.99. The van der Waals surface area contributed by atoms with Crippen LogP contribution in [-0.4, -0.2) is 25.7 Å². The van der Waals surface area contributed by atoms with Gasteiger partial charge in [0.1, 0.15) is 5.01 Å². The van der Waals surface area contributed by atoms with Crippen molar-refractivity contribution in [3.8, 4) is 0 Å². The number of rotatable bonds is 2. The molecule has 0 amide bonds. The first kappa shape index (κ1) is 7.93. The molecule has 0 spiro atoms. The summed E-state index contributed by atoms with van der Waals surface area (Å²) in [4.78, 5) is 15.2. The van der Waals surface area contributed by atoms with Gasteiger partial charge in [-0.05, 0) is 12.8 Å². The fourth-order valence-electron chi connectivity index (χ4n) is 1.31. The molecule has 0 bridgehead atoms. The van der Waals surface area contributed by atoms with Crippen molar-refractivity contribution in [3.05, 3.63) is 16.9 Å². The molecule has 0 radical (unpaired) electrons. The van der Waals surface area contributed by atoms with Gasteiger partial charge in [-0.25, -0.2) is 14.3 Å². The molecule has 1 aliphatic carbocycles. The van der Waals surface area contributed by atoms with E-state index in [-0.39, 0.29) is 5.69 Å². The maximum Gasteiger partial charge on any atom is 0.356 e. The number of hydrogen-bond donors (Lipinski definition) is 1. The van der Waals surface area contributed by atoms with Crippen LogP contribution in [0.2, 0.25) is 0 Å². The summed E-state index contributed by atoms with van der Waals surface area (Å²) in [5, 5.41) is 14.1. The van der Waals surface area contributed by atoms with Gasteiger partial charge in [0.15, 0.2) is 5.69 Å². The molecule has 2 aromatic heterocycles. The van der Waals surface area contributed by atoms with Gasteiger partial charge in [0.2, 0.25) is 4.96 Å². The van der Waals surface area contributed by atoms with E-state index in [1.165, 1.54) is 30.4 Å². The predicted molar refractivity (Wildman–Crippen MR) is 49.8 cm³/mol. The minimum absolute atomic E-state index is 0.0612. The van der Waals surface area contributed by atoms with Crippen molar-refractivity contribution in [2.75, 3.05) is 0 Å². The molecule has 1 fully saturated rings. The molecule has 3 rings (SSSR count). The van der Waals surface area contributed by atoms with Crippen molar-refractivity contribution < 1.29 is 9.90 Å². The molecule has 2 heterocycles. The predicted octanol–water partition coefficient (Wildman–Crippen LogP) is 1.37. The second-order valence-corrected chi connectivity index (χ2v) is 4.36. The van der Waals surface area contributed by atoms with Crippen LogP contribution in [0.3, 0.4) is 0 Å². The first-order chi connectivity index (χ1) is 6.74. The molecule has 1 N–H and O–H groups in total. The van der Waals surface area contributed by atoms with Crippen LogP contribution >= 0.6 is 11.3 Å². The number of hydrogen-bond acceptors (Lipinski definition) is 4. The van der Waals surface area contributed by atoms with E-state index < -0.39 is 5.97 Å². The topological polar surface area (TPSA) is 67.5 Å². The molecule has 6 heteroatoms. The molecule has 14 heavy (non-hydrogen) atoms. The van der Waals surface area contributed by atoms with Gasteiger partial charge in [-0.1, -0.05) is 11.3 Å². The lowest BCUT2D eigenvalue weighted by molar-refractivity contribution is 0.0691. The molecule has 0 atom stereocenters. The lowest BCUT2D eigenvalue weighted by Crippen LogP contribution is -1.95. The largest absolute Gasteiger partial charge is 0.476 e. The summed E-state index contributed by atoms with van der Waals surface area (Å²) in [6.45, 7) is 0. The molecule has 5 nitrogen and oxygen atoms in total. The average Bonchev–Trinajstić information content (AvgIpc) is 2.76. The number of fused-ring (bicyclic) bond motifs is 1. The van der Waals surface area contributed by atoms with E-state index in [4.69, 9.17) is 5.11 Å². The maximum absolute atomic E-state index is 10.6. The molecule has 2 aromatic rings. The highest BCUT2D eigenvalue weighted by Crippen LogP contribution is 2.41. The van der Waals surface area contributed by atoms with Crippen molar-refractivity contribution >= 4 is 22.3 Å². The van der Waals surface area contributed by atoms with E-state index in [0.29, 0.717) is 10.9 Å². The minimum atomic E-state index is -1.00. The fraction of sp³-hybridized carbons (Fsp3) is 0.375. The van der Waals surface area contributed by atoms with E-state index in [9.17, 15) is 4.79 Å². The van der Waals surface area contributed by atoms with Crippen molar-refractivity contribution in [3.63, 3.8) is 0 Å². The summed E-state index contributed by atoms with van der Waals surface area (Å²) in [6.07, 6.45) is 3.85. The summed E-state index contributed by atoms with van der Waals surface area (Å²) in [6, 6.07) is 0. The first-order valence-corrected chi connectivity index (χ1v) is 5.15. The van der Waals surface area contributed by atoms with Crippen LogP contribution in [0, 0.1) is 0 Å². The van der Waals surface area contributed by atoms with Gasteiger partial charge < -0.3 is 5.11 Å². The number of carboxylic acid groups (broad SMARTS) is 1. The van der Waals surface area contributed by atoms with Crippen LogP contribution in [0.4, 0.5) is 0 Å². The zero-order valence-electron chi connectivity index (χ0n) is 7.17. The molecule has 0 unspecified atom stereocenters. The number of carboxylic acids is 1. The Morgan fingerprint density at radius 3 is 3.00 bits per heavy atom. The monoisotopic (exact) mass is 209 g/mol. The molecule has 72 valence electrons. The van der Waals surface area contributed by atoms with Crippen LogP contribution in [0.1, 0.15) is 34.3 Å². The molecule has 1 saturated carbocycles. The quantitative estimate of drug-likeness (QED) is 0.811. The number of aromatic nitrogens is 3. The van der Waals surface area contributed by atoms with Gasteiger partial charge in [0, 0.05) is 5.92 Å². The Hall–Kier alpha value is -1.43. The average molecular weight is 209 g/mol. The van der Waals surface area contributed by atoms with Crippen LogP contribution < -0.4 is 0 Å². The number of nitrogens with zero attached hydrogens (tertiary/aromatic N) is 3. The number of aromatic carboxylic acids is 1. The highest BCUT2D eigenvalue weighted by molar-refractivity contribution is 7.16. The molecular weight excluding hydrogens is 202 g/mol. The number of carbonyl (C=O) groups is 1. The molecule has 1 aliphatic rings. The van der Waals surface area contributed by atoms with E-state index in [1.807, 2.05) is 0 Å². The van der Waals surface area contributed by atoms with Crippen molar-refractivity contribution in [1.29, 1.82) is 0 Å². The van der Waals surface area contributed by atoms with Gasteiger partial charge in [-0.2, -0.15) is 5.10 Å². The van der Waals surface area contributed by atoms with Gasteiger partial charge in [-0.3, -0.25) is 0 Å². The van der Waals surface area contributed by atoms with Gasteiger partial charge >= 0.3 is 5.97 Å². The Morgan fingerprint density at radius 1 is 1.64 bits per heavy atom. The van der Waals surface area contributed by atoms with E-state index in [0.717, 1.165) is 5.01 Å². The van der Waals surface area contributed by atoms with E-state index in [1.54, 1.807) is 4.52 Å². The van der Waals surface area contributed by atoms with Gasteiger partial charge in [-0.15, -0.1) is 0 Å². The van der Waals surface area contributed by atoms with Crippen LogP contribution in [0.5, 0.6) is 0 Å². The summed E-state index contributed by atoms with van der Waals surface area (Å²) >= 11 is 1.48. The summed E-state index contributed by atoms with van der Waals surface area (Å²) in [5.41, 5.74) is 0.0612.